The molecule has 5 nitrogen and oxygen atoms in total. The molecule has 0 unspecified atom stereocenters. The van der Waals surface area contributed by atoms with Crippen molar-refractivity contribution < 1.29 is 9.53 Å². The Balaban J connectivity index is 2.24. The summed E-state index contributed by atoms with van der Waals surface area (Å²) in [5.74, 6) is 0.951. The van der Waals surface area contributed by atoms with Crippen molar-refractivity contribution in [2.75, 3.05) is 18.2 Å². The standard InChI is InChI=1S/C15H17N3O2/c1-9-4-5-11(7-13(9)20-3)15(19)18-14-10(2)6-12(16)8-17-14/h4-8H,16H2,1-3H3,(H,17,18,19). The van der Waals surface area contributed by atoms with Crippen molar-refractivity contribution in [2.24, 2.45) is 0 Å². The van der Waals surface area contributed by atoms with E-state index in [1.807, 2.05) is 19.9 Å². The number of hydrogen-bond donors (Lipinski definition) is 2. The Labute approximate surface area is 117 Å². The number of aromatic nitrogens is 1. The Kier molecular flexibility index (Phi) is 3.89. The fourth-order valence-corrected chi connectivity index (χ4v) is 1.87. The molecule has 0 radical (unpaired) electrons. The lowest BCUT2D eigenvalue weighted by molar-refractivity contribution is 0.102. The highest BCUT2D eigenvalue weighted by atomic mass is 16.5. The van der Waals surface area contributed by atoms with Gasteiger partial charge in [0.1, 0.15) is 11.6 Å². The minimum atomic E-state index is -0.233. The first kappa shape index (κ1) is 13.9. The molecule has 1 heterocycles. The summed E-state index contributed by atoms with van der Waals surface area (Å²) in [6.07, 6.45) is 1.51. The van der Waals surface area contributed by atoms with Crippen molar-refractivity contribution in [1.82, 2.24) is 4.98 Å². The van der Waals surface area contributed by atoms with Gasteiger partial charge in [-0.25, -0.2) is 4.98 Å². The Hall–Kier alpha value is -2.56. The largest absolute Gasteiger partial charge is 0.496 e. The van der Waals surface area contributed by atoms with Crippen LogP contribution in [0.3, 0.4) is 0 Å². The van der Waals surface area contributed by atoms with Crippen molar-refractivity contribution >= 4 is 17.4 Å². The second kappa shape index (κ2) is 5.61. The smallest absolute Gasteiger partial charge is 0.256 e. The van der Waals surface area contributed by atoms with Gasteiger partial charge in [0.15, 0.2) is 0 Å². The molecule has 104 valence electrons. The van der Waals surface area contributed by atoms with E-state index < -0.39 is 0 Å². The molecule has 0 bridgehead atoms. The van der Waals surface area contributed by atoms with Crippen LogP contribution >= 0.6 is 0 Å². The van der Waals surface area contributed by atoms with Crippen molar-refractivity contribution in [3.63, 3.8) is 0 Å². The minimum absolute atomic E-state index is 0.233. The van der Waals surface area contributed by atoms with Crippen LogP contribution < -0.4 is 15.8 Å². The summed E-state index contributed by atoms with van der Waals surface area (Å²) in [4.78, 5) is 16.3. The number of rotatable bonds is 3. The van der Waals surface area contributed by atoms with Crippen molar-refractivity contribution in [3.8, 4) is 5.75 Å². The zero-order chi connectivity index (χ0) is 14.7. The number of hydrogen-bond acceptors (Lipinski definition) is 4. The van der Waals surface area contributed by atoms with Crippen LogP contribution in [-0.4, -0.2) is 18.0 Å². The molecule has 0 saturated carbocycles. The fourth-order valence-electron chi connectivity index (χ4n) is 1.87. The molecule has 0 aliphatic carbocycles. The predicted molar refractivity (Wildman–Crippen MR) is 79.1 cm³/mol. The second-order valence-corrected chi connectivity index (χ2v) is 4.57. The number of carbonyl (C=O) groups is 1. The second-order valence-electron chi connectivity index (χ2n) is 4.57. The molecule has 0 saturated heterocycles. The van der Waals surface area contributed by atoms with Gasteiger partial charge in [-0.15, -0.1) is 0 Å². The van der Waals surface area contributed by atoms with E-state index in [1.165, 1.54) is 6.20 Å². The molecule has 20 heavy (non-hydrogen) atoms. The Morgan fingerprint density at radius 1 is 1.25 bits per heavy atom. The number of ether oxygens (including phenoxy) is 1. The molecule has 2 rings (SSSR count). The Bertz CT molecular complexity index is 654. The van der Waals surface area contributed by atoms with Gasteiger partial charge in [0, 0.05) is 5.56 Å². The molecule has 1 aromatic carbocycles. The number of aryl methyl sites for hydroxylation is 2. The molecule has 0 spiro atoms. The quantitative estimate of drug-likeness (QED) is 0.899. The third-order valence-electron chi connectivity index (χ3n) is 3.00. The highest BCUT2D eigenvalue weighted by molar-refractivity contribution is 6.04. The number of pyridine rings is 1. The Morgan fingerprint density at radius 3 is 2.65 bits per heavy atom. The van der Waals surface area contributed by atoms with E-state index in [0.717, 1.165) is 11.1 Å². The SMILES string of the molecule is COc1cc(C(=O)Nc2ncc(N)cc2C)ccc1C. The topological polar surface area (TPSA) is 77.2 Å². The molecule has 5 heteroatoms. The summed E-state index contributed by atoms with van der Waals surface area (Å²) in [6, 6.07) is 7.06. The van der Waals surface area contributed by atoms with Gasteiger partial charge in [0.2, 0.25) is 0 Å². The number of carbonyl (C=O) groups excluding carboxylic acids is 1. The molecule has 2 aromatic rings. The lowest BCUT2D eigenvalue weighted by atomic mass is 10.1. The number of nitrogen functional groups attached to an aromatic ring is 1. The normalized spacial score (nSPS) is 10.2. The first-order valence-electron chi connectivity index (χ1n) is 6.19. The van der Waals surface area contributed by atoms with Gasteiger partial charge in [-0.05, 0) is 43.2 Å². The van der Waals surface area contributed by atoms with Gasteiger partial charge in [0.05, 0.1) is 19.0 Å². The van der Waals surface area contributed by atoms with Crippen molar-refractivity contribution in [2.45, 2.75) is 13.8 Å². The number of nitrogens with one attached hydrogen (secondary N) is 1. The van der Waals surface area contributed by atoms with Crippen LogP contribution in [0.1, 0.15) is 21.5 Å². The first-order chi connectivity index (χ1) is 9.51. The number of amides is 1. The summed E-state index contributed by atoms with van der Waals surface area (Å²) in [5.41, 5.74) is 8.51. The van der Waals surface area contributed by atoms with E-state index in [0.29, 0.717) is 22.8 Å². The Morgan fingerprint density at radius 2 is 2.00 bits per heavy atom. The third-order valence-corrected chi connectivity index (χ3v) is 3.00. The molecule has 0 fully saturated rings. The minimum Gasteiger partial charge on any atom is -0.496 e. The van der Waals surface area contributed by atoms with Crippen LogP contribution in [0.15, 0.2) is 30.5 Å². The molecule has 1 aromatic heterocycles. The third kappa shape index (κ3) is 2.88. The van der Waals surface area contributed by atoms with E-state index in [-0.39, 0.29) is 5.91 Å². The molecular formula is C15H17N3O2. The summed E-state index contributed by atoms with van der Waals surface area (Å²) in [7, 11) is 1.58. The molecule has 0 atom stereocenters. The van der Waals surface area contributed by atoms with Gasteiger partial charge >= 0.3 is 0 Å². The lowest BCUT2D eigenvalue weighted by Crippen LogP contribution is -2.14. The fraction of sp³-hybridized carbons (Fsp3) is 0.200. The molecular weight excluding hydrogens is 254 g/mol. The maximum absolute atomic E-state index is 12.2. The van der Waals surface area contributed by atoms with Gasteiger partial charge in [-0.1, -0.05) is 6.07 Å². The van der Waals surface area contributed by atoms with Crippen LogP contribution in [0.5, 0.6) is 5.75 Å². The molecule has 0 aliphatic heterocycles. The highest BCUT2D eigenvalue weighted by Gasteiger charge is 2.11. The van der Waals surface area contributed by atoms with Crippen molar-refractivity contribution in [1.29, 1.82) is 0 Å². The summed E-state index contributed by atoms with van der Waals surface area (Å²) in [6.45, 7) is 3.76. The first-order valence-corrected chi connectivity index (χ1v) is 6.19. The van der Waals surface area contributed by atoms with E-state index in [2.05, 4.69) is 10.3 Å². The molecule has 0 aliphatic rings. The van der Waals surface area contributed by atoms with Crippen LogP contribution in [0.2, 0.25) is 0 Å². The van der Waals surface area contributed by atoms with E-state index in [1.54, 1.807) is 25.3 Å². The highest BCUT2D eigenvalue weighted by Crippen LogP contribution is 2.20. The van der Waals surface area contributed by atoms with Crippen LogP contribution in [0, 0.1) is 13.8 Å². The maximum atomic E-state index is 12.2. The zero-order valence-electron chi connectivity index (χ0n) is 11.7. The zero-order valence-corrected chi connectivity index (χ0v) is 11.7. The number of anilines is 2. The average molecular weight is 271 g/mol. The predicted octanol–water partition coefficient (Wildman–Crippen LogP) is 2.54. The van der Waals surface area contributed by atoms with Gasteiger partial charge in [-0.3, -0.25) is 4.79 Å². The van der Waals surface area contributed by atoms with Crippen LogP contribution in [0.25, 0.3) is 0 Å². The van der Waals surface area contributed by atoms with Gasteiger partial charge in [0.25, 0.3) is 5.91 Å². The van der Waals surface area contributed by atoms with E-state index in [4.69, 9.17) is 10.5 Å². The monoisotopic (exact) mass is 271 g/mol. The molecule has 3 N–H and O–H groups in total. The van der Waals surface area contributed by atoms with Crippen LogP contribution in [0.4, 0.5) is 11.5 Å². The molecule has 1 amide bonds. The van der Waals surface area contributed by atoms with E-state index in [9.17, 15) is 4.79 Å². The number of nitrogens with two attached hydrogens (primary N) is 1. The average Bonchev–Trinajstić information content (AvgIpc) is 2.42. The number of methoxy groups -OCH3 is 1. The summed E-state index contributed by atoms with van der Waals surface area (Å²) in [5, 5.41) is 2.76. The number of benzene rings is 1. The maximum Gasteiger partial charge on any atom is 0.256 e. The summed E-state index contributed by atoms with van der Waals surface area (Å²) >= 11 is 0. The van der Waals surface area contributed by atoms with Gasteiger partial charge < -0.3 is 15.8 Å². The summed E-state index contributed by atoms with van der Waals surface area (Å²) < 4.78 is 5.21. The number of nitrogens with zero attached hydrogens (tertiary/aromatic N) is 1. The van der Waals surface area contributed by atoms with Crippen LogP contribution in [-0.2, 0) is 0 Å². The van der Waals surface area contributed by atoms with Gasteiger partial charge in [-0.2, -0.15) is 0 Å². The van der Waals surface area contributed by atoms with Crippen molar-refractivity contribution in [3.05, 3.63) is 47.2 Å². The lowest BCUT2D eigenvalue weighted by Gasteiger charge is -2.10. The van der Waals surface area contributed by atoms with E-state index >= 15 is 0 Å².